The van der Waals surface area contributed by atoms with Gasteiger partial charge in [0.1, 0.15) is 5.75 Å². The molecule has 0 bridgehead atoms. The molecule has 0 aliphatic carbocycles. The summed E-state index contributed by atoms with van der Waals surface area (Å²) in [4.78, 5) is 11.8. The summed E-state index contributed by atoms with van der Waals surface area (Å²) in [6, 6.07) is 8.49. The number of aryl methyl sites for hydroxylation is 1. The zero-order chi connectivity index (χ0) is 14.9. The van der Waals surface area contributed by atoms with Crippen LogP contribution in [0, 0.1) is 0 Å². The summed E-state index contributed by atoms with van der Waals surface area (Å²) < 4.78 is 5.55. The average molecular weight is 327 g/mol. The molecule has 1 fully saturated rings. The number of hydrogen-bond acceptors (Lipinski definition) is 3. The summed E-state index contributed by atoms with van der Waals surface area (Å²) in [6.07, 6.45) is 4.71. The van der Waals surface area contributed by atoms with Crippen molar-refractivity contribution >= 4 is 18.3 Å². The number of carbonyl (C=O) groups excluding carboxylic acids is 1. The molecule has 1 unspecified atom stereocenters. The summed E-state index contributed by atoms with van der Waals surface area (Å²) in [5, 5.41) is 6.39. The van der Waals surface area contributed by atoms with Crippen LogP contribution in [0.15, 0.2) is 24.3 Å². The number of ether oxygens (including phenoxy) is 1. The smallest absolute Gasteiger partial charge is 0.220 e. The van der Waals surface area contributed by atoms with Crippen molar-refractivity contribution in [2.45, 2.75) is 45.1 Å². The highest BCUT2D eigenvalue weighted by Gasteiger charge is 2.14. The summed E-state index contributed by atoms with van der Waals surface area (Å²) in [5.41, 5.74) is 1.17. The quantitative estimate of drug-likeness (QED) is 0.772. The minimum atomic E-state index is 0. The Bertz CT molecular complexity index is 431. The highest BCUT2D eigenvalue weighted by Crippen LogP contribution is 2.13. The molecule has 0 radical (unpaired) electrons. The Morgan fingerprint density at radius 3 is 2.77 bits per heavy atom. The first kappa shape index (κ1) is 18.8. The van der Waals surface area contributed by atoms with E-state index in [2.05, 4.69) is 17.6 Å². The van der Waals surface area contributed by atoms with Crippen molar-refractivity contribution in [2.75, 3.05) is 19.7 Å². The maximum absolute atomic E-state index is 11.8. The van der Waals surface area contributed by atoms with E-state index in [1.165, 1.54) is 18.4 Å². The molecule has 0 spiro atoms. The van der Waals surface area contributed by atoms with Gasteiger partial charge < -0.3 is 15.4 Å². The number of hydrogen-bond donors (Lipinski definition) is 2. The van der Waals surface area contributed by atoms with E-state index in [-0.39, 0.29) is 18.3 Å². The van der Waals surface area contributed by atoms with Crippen molar-refractivity contribution in [3.63, 3.8) is 0 Å². The van der Waals surface area contributed by atoms with Gasteiger partial charge in [-0.3, -0.25) is 4.79 Å². The first-order chi connectivity index (χ1) is 10.3. The second-order valence-corrected chi connectivity index (χ2v) is 5.59. The van der Waals surface area contributed by atoms with Gasteiger partial charge in [0.15, 0.2) is 0 Å². The van der Waals surface area contributed by atoms with Crippen molar-refractivity contribution < 1.29 is 9.53 Å². The summed E-state index contributed by atoms with van der Waals surface area (Å²) in [6.45, 7) is 4.67. The van der Waals surface area contributed by atoms with Gasteiger partial charge in [-0.2, -0.15) is 0 Å². The van der Waals surface area contributed by atoms with Gasteiger partial charge in [0, 0.05) is 19.0 Å². The largest absolute Gasteiger partial charge is 0.494 e. The third-order valence-electron chi connectivity index (χ3n) is 3.74. The highest BCUT2D eigenvalue weighted by molar-refractivity contribution is 5.85. The van der Waals surface area contributed by atoms with Gasteiger partial charge in [0.05, 0.1) is 6.61 Å². The molecule has 0 aromatic heterocycles. The van der Waals surface area contributed by atoms with Gasteiger partial charge in [-0.25, -0.2) is 0 Å². The number of halogens is 1. The molecule has 124 valence electrons. The maximum Gasteiger partial charge on any atom is 0.220 e. The minimum absolute atomic E-state index is 0. The van der Waals surface area contributed by atoms with Gasteiger partial charge in [-0.1, -0.05) is 19.1 Å². The molecule has 1 aliphatic heterocycles. The standard InChI is InChI=1S/C17H26N2O2.ClH/c1-2-12-21-16-8-5-14(6-9-16)7-10-17(20)19-13-15-4-3-11-18-15;/h5-6,8-9,15,18H,2-4,7,10-13H2,1H3,(H,19,20);1H. The van der Waals surface area contributed by atoms with Gasteiger partial charge in [0.25, 0.3) is 0 Å². The number of amides is 1. The molecule has 1 saturated heterocycles. The zero-order valence-electron chi connectivity index (χ0n) is 13.3. The van der Waals surface area contributed by atoms with Crippen LogP contribution in [0.5, 0.6) is 5.75 Å². The maximum atomic E-state index is 11.8. The van der Waals surface area contributed by atoms with Crippen molar-refractivity contribution in [3.8, 4) is 5.75 Å². The number of benzene rings is 1. The van der Waals surface area contributed by atoms with Crippen molar-refractivity contribution in [1.82, 2.24) is 10.6 Å². The second-order valence-electron chi connectivity index (χ2n) is 5.59. The minimum Gasteiger partial charge on any atom is -0.494 e. The Kier molecular flexibility index (Phi) is 8.94. The van der Waals surface area contributed by atoms with E-state index in [1.807, 2.05) is 24.3 Å². The Morgan fingerprint density at radius 1 is 1.36 bits per heavy atom. The normalized spacial score (nSPS) is 16.9. The molecule has 1 aromatic rings. The first-order valence-electron chi connectivity index (χ1n) is 7.99. The third kappa shape index (κ3) is 6.67. The van der Waals surface area contributed by atoms with Crippen LogP contribution in [0.4, 0.5) is 0 Å². The van der Waals surface area contributed by atoms with Crippen LogP contribution < -0.4 is 15.4 Å². The third-order valence-corrected chi connectivity index (χ3v) is 3.74. The molecule has 1 aliphatic rings. The van der Waals surface area contributed by atoms with Crippen LogP contribution in [0.2, 0.25) is 0 Å². The summed E-state index contributed by atoms with van der Waals surface area (Å²) in [5.74, 6) is 1.03. The molecule has 5 heteroatoms. The predicted molar refractivity (Wildman–Crippen MR) is 91.8 cm³/mol. The van der Waals surface area contributed by atoms with Gasteiger partial charge >= 0.3 is 0 Å². The SMILES string of the molecule is CCCOc1ccc(CCC(=O)NCC2CCCN2)cc1.Cl. The van der Waals surface area contributed by atoms with Gasteiger partial charge in [-0.05, 0) is 49.9 Å². The lowest BCUT2D eigenvalue weighted by molar-refractivity contribution is -0.121. The average Bonchev–Trinajstić information content (AvgIpc) is 3.03. The van der Waals surface area contributed by atoms with Crippen LogP contribution >= 0.6 is 12.4 Å². The molecular weight excluding hydrogens is 300 g/mol. The fraction of sp³-hybridized carbons (Fsp3) is 0.588. The predicted octanol–water partition coefficient (Wildman–Crippen LogP) is 2.70. The van der Waals surface area contributed by atoms with Crippen LogP contribution in [0.1, 0.15) is 38.2 Å². The number of rotatable bonds is 8. The summed E-state index contributed by atoms with van der Waals surface area (Å²) in [7, 11) is 0. The first-order valence-corrected chi connectivity index (χ1v) is 7.99. The Balaban J connectivity index is 0.00000242. The molecule has 22 heavy (non-hydrogen) atoms. The van der Waals surface area contributed by atoms with E-state index < -0.39 is 0 Å². The molecule has 0 saturated carbocycles. The van der Waals surface area contributed by atoms with Crippen molar-refractivity contribution in [3.05, 3.63) is 29.8 Å². The van der Waals surface area contributed by atoms with Crippen LogP contribution in [-0.2, 0) is 11.2 Å². The van der Waals surface area contributed by atoms with E-state index in [0.717, 1.165) is 38.3 Å². The lowest BCUT2D eigenvalue weighted by atomic mass is 10.1. The van der Waals surface area contributed by atoms with Crippen molar-refractivity contribution in [2.24, 2.45) is 0 Å². The Hall–Kier alpha value is -1.26. The zero-order valence-corrected chi connectivity index (χ0v) is 14.1. The van der Waals surface area contributed by atoms with Gasteiger partial charge in [-0.15, -0.1) is 12.4 Å². The topological polar surface area (TPSA) is 50.4 Å². The van der Waals surface area contributed by atoms with Crippen LogP contribution in [0.25, 0.3) is 0 Å². The van der Waals surface area contributed by atoms with E-state index in [0.29, 0.717) is 12.5 Å². The summed E-state index contributed by atoms with van der Waals surface area (Å²) >= 11 is 0. The lowest BCUT2D eigenvalue weighted by Gasteiger charge is -2.11. The molecule has 1 amide bonds. The monoisotopic (exact) mass is 326 g/mol. The number of carbonyl (C=O) groups is 1. The van der Waals surface area contributed by atoms with E-state index >= 15 is 0 Å². The fourth-order valence-corrected chi connectivity index (χ4v) is 2.49. The van der Waals surface area contributed by atoms with E-state index in [4.69, 9.17) is 4.74 Å². The van der Waals surface area contributed by atoms with Crippen molar-refractivity contribution in [1.29, 1.82) is 0 Å². The molecular formula is C17H27ClN2O2. The van der Waals surface area contributed by atoms with Crippen LogP contribution in [0.3, 0.4) is 0 Å². The number of nitrogens with one attached hydrogen (secondary N) is 2. The van der Waals surface area contributed by atoms with Crippen LogP contribution in [-0.4, -0.2) is 31.6 Å². The second kappa shape index (κ2) is 10.5. The highest BCUT2D eigenvalue weighted by atomic mass is 35.5. The molecule has 2 rings (SSSR count). The molecule has 2 N–H and O–H groups in total. The van der Waals surface area contributed by atoms with E-state index in [9.17, 15) is 4.79 Å². The molecule has 1 aromatic carbocycles. The van der Waals surface area contributed by atoms with E-state index in [1.54, 1.807) is 0 Å². The Labute approximate surface area is 139 Å². The molecule has 4 nitrogen and oxygen atoms in total. The Morgan fingerprint density at radius 2 is 2.14 bits per heavy atom. The molecule has 1 heterocycles. The lowest BCUT2D eigenvalue weighted by Crippen LogP contribution is -2.37. The fourth-order valence-electron chi connectivity index (χ4n) is 2.49. The molecule has 1 atom stereocenters. The van der Waals surface area contributed by atoms with Gasteiger partial charge in [0.2, 0.25) is 5.91 Å².